The molecule has 94 valence electrons. The molecule has 0 N–H and O–H groups in total. The highest BCUT2D eigenvalue weighted by atomic mass is 16.3. The molecule has 0 bridgehead atoms. The van der Waals surface area contributed by atoms with Gasteiger partial charge in [-0.15, -0.1) is 0 Å². The standard InChI is InChI=1S/C17H15NO/c1-2-7-16-14(6-1)15-9-8-12-11-18-10-4-3-5-13(12)17(15)19-16/h1,3-4,6,8-10H,2,5,7,11H2/b4-3-,18-10?. The van der Waals surface area contributed by atoms with Crippen LogP contribution in [0.15, 0.2) is 39.8 Å². The van der Waals surface area contributed by atoms with Gasteiger partial charge in [-0.05, 0) is 24.5 Å². The first-order valence-corrected chi connectivity index (χ1v) is 6.81. The highest BCUT2D eigenvalue weighted by molar-refractivity contribution is 5.92. The number of benzene rings is 1. The van der Waals surface area contributed by atoms with E-state index in [0.29, 0.717) is 0 Å². The van der Waals surface area contributed by atoms with Crippen LogP contribution in [0.1, 0.15) is 28.9 Å². The van der Waals surface area contributed by atoms with E-state index >= 15 is 0 Å². The van der Waals surface area contributed by atoms with Gasteiger partial charge in [0.15, 0.2) is 0 Å². The third kappa shape index (κ3) is 1.67. The second-order valence-corrected chi connectivity index (χ2v) is 5.08. The number of rotatable bonds is 0. The van der Waals surface area contributed by atoms with E-state index in [0.717, 1.165) is 37.2 Å². The largest absolute Gasteiger partial charge is 0.460 e. The fourth-order valence-corrected chi connectivity index (χ4v) is 2.94. The van der Waals surface area contributed by atoms with Crippen LogP contribution >= 0.6 is 0 Å². The number of allylic oxidation sites excluding steroid dienone is 3. The number of nitrogens with zero attached hydrogens (tertiary/aromatic N) is 1. The molecule has 0 atom stereocenters. The van der Waals surface area contributed by atoms with Crippen LogP contribution in [0.5, 0.6) is 0 Å². The molecule has 0 radical (unpaired) electrons. The third-order valence-corrected chi connectivity index (χ3v) is 3.91. The summed E-state index contributed by atoms with van der Waals surface area (Å²) in [7, 11) is 0. The average molecular weight is 249 g/mol. The van der Waals surface area contributed by atoms with Crippen molar-refractivity contribution in [3.63, 3.8) is 0 Å². The Morgan fingerprint density at radius 1 is 1.16 bits per heavy atom. The van der Waals surface area contributed by atoms with E-state index in [-0.39, 0.29) is 0 Å². The van der Waals surface area contributed by atoms with Gasteiger partial charge in [0, 0.05) is 29.1 Å². The van der Waals surface area contributed by atoms with Gasteiger partial charge in [0.25, 0.3) is 0 Å². The molecule has 1 aliphatic heterocycles. The van der Waals surface area contributed by atoms with E-state index < -0.39 is 0 Å². The first-order valence-electron chi connectivity index (χ1n) is 6.81. The molecule has 0 amide bonds. The summed E-state index contributed by atoms with van der Waals surface area (Å²) in [4.78, 5) is 4.39. The van der Waals surface area contributed by atoms with Crippen molar-refractivity contribution in [3.05, 3.63) is 52.8 Å². The lowest BCUT2D eigenvalue weighted by Crippen LogP contribution is -1.95. The molecule has 2 aromatic rings. The van der Waals surface area contributed by atoms with E-state index in [9.17, 15) is 0 Å². The van der Waals surface area contributed by atoms with Crippen LogP contribution < -0.4 is 0 Å². The number of fused-ring (bicyclic) bond motifs is 5. The Kier molecular flexibility index (Phi) is 2.41. The van der Waals surface area contributed by atoms with E-state index in [1.807, 2.05) is 12.3 Å². The zero-order valence-corrected chi connectivity index (χ0v) is 10.7. The second-order valence-electron chi connectivity index (χ2n) is 5.08. The normalized spacial score (nSPS) is 18.7. The fraction of sp³-hybridized carbons (Fsp3) is 0.235. The van der Waals surface area contributed by atoms with E-state index in [4.69, 9.17) is 4.42 Å². The molecule has 0 saturated carbocycles. The number of hydrogen-bond acceptors (Lipinski definition) is 2. The van der Waals surface area contributed by atoms with Gasteiger partial charge in [0.2, 0.25) is 0 Å². The highest BCUT2D eigenvalue weighted by Gasteiger charge is 2.18. The highest BCUT2D eigenvalue weighted by Crippen LogP contribution is 2.35. The zero-order chi connectivity index (χ0) is 12.7. The van der Waals surface area contributed by atoms with Crippen LogP contribution in [0.3, 0.4) is 0 Å². The molecule has 0 fully saturated rings. The van der Waals surface area contributed by atoms with E-state index in [1.54, 1.807) is 0 Å². The average Bonchev–Trinajstić information content (AvgIpc) is 2.77. The van der Waals surface area contributed by atoms with E-state index in [1.165, 1.54) is 22.1 Å². The maximum Gasteiger partial charge on any atom is 0.138 e. The molecule has 0 unspecified atom stereocenters. The molecule has 1 aromatic heterocycles. The van der Waals surface area contributed by atoms with Crippen molar-refractivity contribution in [2.75, 3.05) is 0 Å². The summed E-state index contributed by atoms with van der Waals surface area (Å²) in [5.74, 6) is 1.14. The Morgan fingerprint density at radius 2 is 2.16 bits per heavy atom. The summed E-state index contributed by atoms with van der Waals surface area (Å²) in [6.07, 6.45) is 13.5. The van der Waals surface area contributed by atoms with Crippen molar-refractivity contribution in [1.82, 2.24) is 0 Å². The van der Waals surface area contributed by atoms with Crippen LogP contribution in [0, 0.1) is 0 Å². The Hall–Kier alpha value is -2.09. The number of aryl methyl sites for hydroxylation is 1. The van der Waals surface area contributed by atoms with Crippen LogP contribution in [-0.4, -0.2) is 6.21 Å². The lowest BCUT2D eigenvalue weighted by Gasteiger charge is -2.08. The van der Waals surface area contributed by atoms with Crippen molar-refractivity contribution in [1.29, 1.82) is 0 Å². The van der Waals surface area contributed by atoms with Gasteiger partial charge in [0.05, 0.1) is 6.54 Å². The number of furan rings is 1. The maximum absolute atomic E-state index is 6.15. The topological polar surface area (TPSA) is 25.5 Å². The molecule has 2 heterocycles. The van der Waals surface area contributed by atoms with Gasteiger partial charge in [-0.2, -0.15) is 0 Å². The lowest BCUT2D eigenvalue weighted by molar-refractivity contribution is 0.543. The van der Waals surface area contributed by atoms with Crippen LogP contribution in [0.2, 0.25) is 0 Å². The van der Waals surface area contributed by atoms with Crippen molar-refractivity contribution in [3.8, 4) is 0 Å². The minimum Gasteiger partial charge on any atom is -0.460 e. The van der Waals surface area contributed by atoms with Crippen LogP contribution in [0.25, 0.3) is 17.0 Å². The first kappa shape index (κ1) is 10.8. The molecule has 4 rings (SSSR count). The Morgan fingerprint density at radius 3 is 3.16 bits per heavy atom. The zero-order valence-electron chi connectivity index (χ0n) is 10.7. The predicted octanol–water partition coefficient (Wildman–Crippen LogP) is 4.08. The minimum atomic E-state index is 0.747. The number of hydrogen-bond donors (Lipinski definition) is 0. The van der Waals surface area contributed by atoms with E-state index in [2.05, 4.69) is 35.4 Å². The van der Waals surface area contributed by atoms with Crippen LogP contribution in [-0.2, 0) is 19.4 Å². The Labute approximate surface area is 112 Å². The quantitative estimate of drug-likeness (QED) is 0.690. The minimum absolute atomic E-state index is 0.747. The molecule has 0 spiro atoms. The predicted molar refractivity (Wildman–Crippen MR) is 78.6 cm³/mol. The molecular formula is C17H15NO. The van der Waals surface area contributed by atoms with Gasteiger partial charge in [-0.25, -0.2) is 0 Å². The van der Waals surface area contributed by atoms with Gasteiger partial charge in [0.1, 0.15) is 11.3 Å². The molecule has 0 saturated heterocycles. The van der Waals surface area contributed by atoms with Crippen molar-refractivity contribution in [2.45, 2.75) is 25.8 Å². The monoisotopic (exact) mass is 249 g/mol. The number of aliphatic imine (C=N–C) groups is 1. The summed E-state index contributed by atoms with van der Waals surface area (Å²) in [6, 6.07) is 4.39. The Bertz CT molecular complexity index is 731. The van der Waals surface area contributed by atoms with Crippen molar-refractivity contribution in [2.24, 2.45) is 4.99 Å². The smallest absolute Gasteiger partial charge is 0.138 e. The summed E-state index contributed by atoms with van der Waals surface area (Å²) < 4.78 is 6.15. The maximum atomic E-state index is 6.15. The molecule has 1 aromatic carbocycles. The molecule has 2 aliphatic rings. The summed E-state index contributed by atoms with van der Waals surface area (Å²) in [5, 5.41) is 1.25. The van der Waals surface area contributed by atoms with Crippen molar-refractivity contribution < 1.29 is 4.42 Å². The van der Waals surface area contributed by atoms with Gasteiger partial charge < -0.3 is 4.42 Å². The summed E-state index contributed by atoms with van der Waals surface area (Å²) in [5.41, 5.74) is 4.92. The fourth-order valence-electron chi connectivity index (χ4n) is 2.94. The molecule has 2 heteroatoms. The molecule has 1 aliphatic carbocycles. The van der Waals surface area contributed by atoms with Gasteiger partial charge in [-0.3, -0.25) is 4.99 Å². The van der Waals surface area contributed by atoms with Gasteiger partial charge >= 0.3 is 0 Å². The summed E-state index contributed by atoms with van der Waals surface area (Å²) in [6.45, 7) is 0.747. The molecule has 2 nitrogen and oxygen atoms in total. The van der Waals surface area contributed by atoms with Crippen LogP contribution in [0.4, 0.5) is 0 Å². The lowest BCUT2D eigenvalue weighted by atomic mass is 9.97. The summed E-state index contributed by atoms with van der Waals surface area (Å²) >= 11 is 0. The Balaban J connectivity index is 2.00. The van der Waals surface area contributed by atoms with Crippen molar-refractivity contribution >= 4 is 23.3 Å². The molecular weight excluding hydrogens is 234 g/mol. The third-order valence-electron chi connectivity index (χ3n) is 3.91. The SMILES string of the molecule is C1=Cc2c(oc3c4c(ccc23)CN=C/C=C\C4)CC1. The van der Waals surface area contributed by atoms with Gasteiger partial charge in [-0.1, -0.05) is 30.4 Å². The second kappa shape index (κ2) is 4.23. The first-order chi connectivity index (χ1) is 9.43. The molecule has 19 heavy (non-hydrogen) atoms.